The number of fused-ring (bicyclic) bond motifs is 1. The van der Waals surface area contributed by atoms with Crippen molar-refractivity contribution in [2.75, 3.05) is 14.2 Å². The number of carbonyl (C=O) groups is 1. The van der Waals surface area contributed by atoms with Gasteiger partial charge in [-0.25, -0.2) is 18.8 Å². The number of ether oxygens (including phenoxy) is 2. The van der Waals surface area contributed by atoms with Gasteiger partial charge < -0.3 is 9.47 Å². The van der Waals surface area contributed by atoms with Crippen LogP contribution in [0.15, 0.2) is 54.6 Å². The topological polar surface area (TPSA) is 63.7 Å². The molecule has 4 aromatic rings. The summed E-state index contributed by atoms with van der Waals surface area (Å²) in [6, 6.07) is 14.7. The van der Waals surface area contributed by atoms with Crippen LogP contribution in [0, 0.1) is 11.6 Å². The van der Waals surface area contributed by atoms with Gasteiger partial charge in [-0.05, 0) is 48.0 Å². The van der Waals surface area contributed by atoms with E-state index in [0.29, 0.717) is 27.8 Å². The van der Waals surface area contributed by atoms with Gasteiger partial charge in [0, 0.05) is 18.6 Å². The molecule has 0 unspecified atom stereocenters. The first kappa shape index (κ1) is 23.9. The zero-order valence-corrected chi connectivity index (χ0v) is 19.8. The van der Waals surface area contributed by atoms with Crippen LogP contribution in [0.5, 0.6) is 11.5 Å². The average molecular weight is 504 g/mol. The molecule has 0 aliphatic heterocycles. The number of hydrogen-bond donors (Lipinski definition) is 1. The number of benzene rings is 3. The van der Waals surface area contributed by atoms with E-state index in [0.717, 1.165) is 22.4 Å². The van der Waals surface area contributed by atoms with Crippen molar-refractivity contribution in [2.45, 2.75) is 13.2 Å². The van der Waals surface area contributed by atoms with Crippen molar-refractivity contribution >= 4 is 39.1 Å². The smallest absolute Gasteiger partial charge is 0.271 e. The second-order valence-electron chi connectivity index (χ2n) is 7.39. The molecule has 0 bridgehead atoms. The predicted octanol–water partition coefficient (Wildman–Crippen LogP) is 5.59. The maximum absolute atomic E-state index is 15.0. The molecular weight excluding hydrogens is 484 g/mol. The van der Waals surface area contributed by atoms with Crippen LogP contribution >= 0.6 is 22.9 Å². The Morgan fingerprint density at radius 3 is 2.65 bits per heavy atom. The molecule has 3 aromatic carbocycles. The van der Waals surface area contributed by atoms with Gasteiger partial charge in [0.05, 0.1) is 17.3 Å². The minimum Gasteiger partial charge on any atom is -0.497 e. The summed E-state index contributed by atoms with van der Waals surface area (Å²) >= 11 is 7.35. The SMILES string of the molecule is COc1ccc(CN(C)NC(=O)c2c(F)ccc(OCc3nc4cc(Cl)ccc4s3)c2F)cc1. The minimum atomic E-state index is -1.08. The lowest BCUT2D eigenvalue weighted by atomic mass is 10.1. The summed E-state index contributed by atoms with van der Waals surface area (Å²) < 4.78 is 40.9. The number of nitrogens with zero attached hydrogens (tertiary/aromatic N) is 2. The van der Waals surface area contributed by atoms with E-state index in [2.05, 4.69) is 10.4 Å². The number of hydrazine groups is 1. The minimum absolute atomic E-state index is 0.0437. The molecule has 34 heavy (non-hydrogen) atoms. The summed E-state index contributed by atoms with van der Waals surface area (Å²) in [6.07, 6.45) is 0. The number of rotatable bonds is 8. The molecule has 0 aliphatic carbocycles. The van der Waals surface area contributed by atoms with E-state index in [4.69, 9.17) is 21.1 Å². The molecule has 1 N–H and O–H groups in total. The monoisotopic (exact) mass is 503 g/mol. The highest BCUT2D eigenvalue weighted by Crippen LogP contribution is 2.28. The van der Waals surface area contributed by atoms with E-state index >= 15 is 4.39 Å². The van der Waals surface area contributed by atoms with Crippen molar-refractivity contribution < 1.29 is 23.0 Å². The van der Waals surface area contributed by atoms with Gasteiger partial charge in [-0.1, -0.05) is 23.7 Å². The quantitative estimate of drug-likeness (QED) is 0.317. The summed E-state index contributed by atoms with van der Waals surface area (Å²) in [7, 11) is 3.16. The zero-order valence-electron chi connectivity index (χ0n) is 18.3. The fourth-order valence-electron chi connectivity index (χ4n) is 3.28. The Balaban J connectivity index is 1.44. The molecule has 4 rings (SSSR count). The second kappa shape index (κ2) is 10.3. The molecule has 1 aromatic heterocycles. The van der Waals surface area contributed by atoms with Crippen LogP contribution in [0.3, 0.4) is 0 Å². The summed E-state index contributed by atoms with van der Waals surface area (Å²) in [5.74, 6) is -2.55. The Bertz CT molecular complexity index is 1330. The van der Waals surface area contributed by atoms with Gasteiger partial charge >= 0.3 is 0 Å². The van der Waals surface area contributed by atoms with Gasteiger partial charge in [0.1, 0.15) is 28.7 Å². The maximum Gasteiger partial charge on any atom is 0.271 e. The highest BCUT2D eigenvalue weighted by Gasteiger charge is 2.23. The number of methoxy groups -OCH3 is 1. The van der Waals surface area contributed by atoms with E-state index < -0.39 is 23.1 Å². The molecular formula is C24H20ClF2N3O3S. The van der Waals surface area contributed by atoms with Gasteiger partial charge in [-0.2, -0.15) is 0 Å². The summed E-state index contributed by atoms with van der Waals surface area (Å²) in [4.78, 5) is 17.0. The Hall–Kier alpha value is -3.27. The Kier molecular flexibility index (Phi) is 7.26. The van der Waals surface area contributed by atoms with E-state index in [1.54, 1.807) is 38.4 Å². The highest BCUT2D eigenvalue weighted by atomic mass is 35.5. The van der Waals surface area contributed by atoms with E-state index in [9.17, 15) is 9.18 Å². The molecule has 0 atom stereocenters. The van der Waals surface area contributed by atoms with E-state index in [1.165, 1.54) is 16.3 Å². The van der Waals surface area contributed by atoms with Gasteiger partial charge in [-0.15, -0.1) is 11.3 Å². The number of aromatic nitrogens is 1. The molecule has 0 fully saturated rings. The molecule has 6 nitrogen and oxygen atoms in total. The van der Waals surface area contributed by atoms with Crippen LogP contribution in [0.25, 0.3) is 10.2 Å². The van der Waals surface area contributed by atoms with Crippen molar-refractivity contribution in [3.63, 3.8) is 0 Å². The molecule has 0 saturated carbocycles. The van der Waals surface area contributed by atoms with Crippen molar-refractivity contribution in [3.05, 3.63) is 87.4 Å². The number of hydrogen-bond acceptors (Lipinski definition) is 6. The van der Waals surface area contributed by atoms with Crippen LogP contribution < -0.4 is 14.9 Å². The van der Waals surface area contributed by atoms with Crippen molar-refractivity contribution in [2.24, 2.45) is 0 Å². The van der Waals surface area contributed by atoms with Crippen molar-refractivity contribution in [1.29, 1.82) is 0 Å². The van der Waals surface area contributed by atoms with Crippen molar-refractivity contribution in [3.8, 4) is 11.5 Å². The van der Waals surface area contributed by atoms with Gasteiger partial charge in [0.15, 0.2) is 11.6 Å². The lowest BCUT2D eigenvalue weighted by Gasteiger charge is -2.19. The molecule has 0 saturated heterocycles. The molecule has 176 valence electrons. The average Bonchev–Trinajstić information content (AvgIpc) is 3.21. The Morgan fingerprint density at radius 1 is 1.15 bits per heavy atom. The number of amides is 1. The van der Waals surface area contributed by atoms with Crippen LogP contribution in [-0.4, -0.2) is 30.1 Å². The fraction of sp³-hybridized carbons (Fsp3) is 0.167. The molecule has 10 heteroatoms. The van der Waals surface area contributed by atoms with Crippen LogP contribution in [0.4, 0.5) is 8.78 Å². The summed E-state index contributed by atoms with van der Waals surface area (Å²) in [5, 5.41) is 2.58. The largest absolute Gasteiger partial charge is 0.497 e. The van der Waals surface area contributed by atoms with Crippen LogP contribution in [0.1, 0.15) is 20.9 Å². The third kappa shape index (κ3) is 5.44. The molecule has 1 amide bonds. The number of nitrogens with one attached hydrogen (secondary N) is 1. The first-order chi connectivity index (χ1) is 16.3. The van der Waals surface area contributed by atoms with Crippen LogP contribution in [-0.2, 0) is 13.2 Å². The summed E-state index contributed by atoms with van der Waals surface area (Å²) in [5.41, 5.74) is 3.34. The van der Waals surface area contributed by atoms with E-state index in [-0.39, 0.29) is 12.4 Å². The normalized spacial score (nSPS) is 11.1. The number of thiazole rings is 1. The number of carbonyl (C=O) groups excluding carboxylic acids is 1. The zero-order chi connectivity index (χ0) is 24.2. The second-order valence-corrected chi connectivity index (χ2v) is 8.94. The van der Waals surface area contributed by atoms with Crippen LogP contribution in [0.2, 0.25) is 5.02 Å². The Morgan fingerprint density at radius 2 is 1.91 bits per heavy atom. The fourth-order valence-corrected chi connectivity index (χ4v) is 4.30. The third-order valence-electron chi connectivity index (χ3n) is 4.90. The van der Waals surface area contributed by atoms with Gasteiger partial charge in [0.2, 0.25) is 0 Å². The summed E-state index contributed by atoms with van der Waals surface area (Å²) in [6.45, 7) is 0.273. The molecule has 0 spiro atoms. The molecule has 0 radical (unpaired) electrons. The first-order valence-corrected chi connectivity index (χ1v) is 11.3. The molecule has 0 aliphatic rings. The maximum atomic E-state index is 15.0. The van der Waals surface area contributed by atoms with Gasteiger partial charge in [0.25, 0.3) is 5.91 Å². The lowest BCUT2D eigenvalue weighted by molar-refractivity contribution is 0.0809. The van der Waals surface area contributed by atoms with Crippen molar-refractivity contribution in [1.82, 2.24) is 15.4 Å². The first-order valence-electron chi connectivity index (χ1n) is 10.1. The van der Waals surface area contributed by atoms with E-state index in [1.807, 2.05) is 18.2 Å². The standard InChI is InChI=1S/C24H20ClF2N3O3S/c1-30(12-14-3-6-16(32-2)7-4-14)29-24(31)22-17(26)8-9-19(23(22)27)33-13-21-28-18-11-15(25)5-10-20(18)34-21/h3-11H,12-13H2,1-2H3,(H,29,31). The highest BCUT2D eigenvalue weighted by molar-refractivity contribution is 7.18. The lowest BCUT2D eigenvalue weighted by Crippen LogP contribution is -2.39. The Labute approximate surface area is 203 Å². The number of halogens is 3. The third-order valence-corrected chi connectivity index (χ3v) is 6.14. The predicted molar refractivity (Wildman–Crippen MR) is 127 cm³/mol. The van der Waals surface area contributed by atoms with Gasteiger partial charge in [-0.3, -0.25) is 10.2 Å². The molecule has 1 heterocycles.